The molecule has 1 fully saturated rings. The second-order valence-corrected chi connectivity index (χ2v) is 8.78. The molecule has 1 saturated carbocycles. The van der Waals surface area contributed by atoms with E-state index >= 15 is 0 Å². The maximum Gasteiger partial charge on any atom is 0.220 e. The molecule has 0 spiro atoms. The molecule has 1 unspecified atom stereocenters. The van der Waals surface area contributed by atoms with E-state index in [9.17, 15) is 4.79 Å². The Labute approximate surface area is 128 Å². The fourth-order valence-corrected chi connectivity index (χ4v) is 4.29. The van der Waals surface area contributed by atoms with Gasteiger partial charge in [0.2, 0.25) is 5.91 Å². The first-order chi connectivity index (χ1) is 8.94. The number of hydrogen-bond donors (Lipinski definition) is 1. The molecule has 1 N–H and O–H groups in total. The number of hydrogen-bond acceptors (Lipinski definition) is 2. The van der Waals surface area contributed by atoms with Crippen LogP contribution >= 0.6 is 27.3 Å². The smallest absolute Gasteiger partial charge is 0.220 e. The van der Waals surface area contributed by atoms with Crippen molar-refractivity contribution < 1.29 is 4.79 Å². The molecule has 1 aliphatic rings. The maximum atomic E-state index is 11.9. The summed E-state index contributed by atoms with van der Waals surface area (Å²) in [4.78, 5) is 13.2. The molecule has 0 saturated heterocycles. The molecule has 2 rings (SSSR count). The van der Waals surface area contributed by atoms with E-state index in [-0.39, 0.29) is 5.91 Å². The third-order valence-electron chi connectivity index (χ3n) is 3.79. The van der Waals surface area contributed by atoms with Gasteiger partial charge in [-0.15, -0.1) is 11.3 Å². The quantitative estimate of drug-likeness (QED) is 0.835. The average molecular weight is 344 g/mol. The van der Waals surface area contributed by atoms with Gasteiger partial charge in [0.15, 0.2) is 0 Å². The van der Waals surface area contributed by atoms with Gasteiger partial charge in [-0.25, -0.2) is 0 Å². The Kier molecular flexibility index (Phi) is 5.07. The first-order valence-electron chi connectivity index (χ1n) is 6.98. The molecule has 0 aromatic carbocycles. The van der Waals surface area contributed by atoms with Crippen LogP contribution in [0, 0.1) is 5.41 Å². The molecule has 1 amide bonds. The first kappa shape index (κ1) is 15.0. The second-order valence-electron chi connectivity index (χ2n) is 6.23. The predicted molar refractivity (Wildman–Crippen MR) is 84.5 cm³/mol. The summed E-state index contributed by atoms with van der Waals surface area (Å²) >= 11 is 5.22. The Balaban J connectivity index is 1.65. The van der Waals surface area contributed by atoms with Gasteiger partial charge in [-0.05, 0) is 65.6 Å². The van der Waals surface area contributed by atoms with Crippen molar-refractivity contribution in [3.8, 4) is 0 Å². The first-order valence-corrected chi connectivity index (χ1v) is 8.59. The van der Waals surface area contributed by atoms with Crippen LogP contribution in [0.3, 0.4) is 0 Å². The van der Waals surface area contributed by atoms with Crippen molar-refractivity contribution in [2.45, 2.75) is 58.4 Å². The summed E-state index contributed by atoms with van der Waals surface area (Å²) in [6.45, 7) is 4.57. The van der Waals surface area contributed by atoms with Crippen LogP contribution in [-0.4, -0.2) is 11.9 Å². The Morgan fingerprint density at radius 3 is 2.89 bits per heavy atom. The monoisotopic (exact) mass is 343 g/mol. The zero-order valence-corrected chi connectivity index (χ0v) is 14.1. The van der Waals surface area contributed by atoms with Crippen LogP contribution in [0.5, 0.6) is 0 Å². The van der Waals surface area contributed by atoms with Crippen molar-refractivity contribution in [2.75, 3.05) is 0 Å². The average Bonchev–Trinajstić information content (AvgIpc) is 2.85. The number of rotatable bonds is 5. The van der Waals surface area contributed by atoms with Gasteiger partial charge in [0.1, 0.15) is 0 Å². The molecule has 4 heteroatoms. The van der Waals surface area contributed by atoms with Crippen LogP contribution in [0.2, 0.25) is 0 Å². The Morgan fingerprint density at radius 2 is 2.32 bits per heavy atom. The van der Waals surface area contributed by atoms with Crippen molar-refractivity contribution in [3.05, 3.63) is 20.8 Å². The lowest BCUT2D eigenvalue weighted by atomic mass is 9.92. The van der Waals surface area contributed by atoms with Crippen LogP contribution in [-0.2, 0) is 11.2 Å². The summed E-state index contributed by atoms with van der Waals surface area (Å²) in [7, 11) is 0. The van der Waals surface area contributed by atoms with E-state index in [1.165, 1.54) is 15.1 Å². The van der Waals surface area contributed by atoms with E-state index in [1.54, 1.807) is 11.3 Å². The molecular formula is C15H22BrNOS. The van der Waals surface area contributed by atoms with Crippen molar-refractivity contribution in [1.82, 2.24) is 5.32 Å². The summed E-state index contributed by atoms with van der Waals surface area (Å²) in [5.74, 6) is 0.221. The summed E-state index contributed by atoms with van der Waals surface area (Å²) in [6, 6.07) is 4.60. The standard InChI is InChI=1S/C15H22BrNOS/c1-15(2)9-8-11(10-15)17-14(18)5-3-4-12-6-7-13(16)19-12/h6-7,11H,3-5,8-10H2,1-2H3,(H,17,18). The van der Waals surface area contributed by atoms with Crippen molar-refractivity contribution >= 4 is 33.2 Å². The van der Waals surface area contributed by atoms with Gasteiger partial charge in [0.25, 0.3) is 0 Å². The Bertz CT molecular complexity index is 441. The van der Waals surface area contributed by atoms with E-state index in [0.29, 0.717) is 17.9 Å². The third-order valence-corrected chi connectivity index (χ3v) is 5.47. The largest absolute Gasteiger partial charge is 0.353 e. The number of aryl methyl sites for hydroxylation is 1. The lowest BCUT2D eigenvalue weighted by Crippen LogP contribution is -2.33. The summed E-state index contributed by atoms with van der Waals surface area (Å²) in [5.41, 5.74) is 0.404. The predicted octanol–water partition coefficient (Wildman–Crippen LogP) is 4.53. The summed E-state index contributed by atoms with van der Waals surface area (Å²) < 4.78 is 1.17. The molecule has 19 heavy (non-hydrogen) atoms. The highest BCUT2D eigenvalue weighted by Crippen LogP contribution is 2.36. The zero-order chi connectivity index (χ0) is 13.9. The molecule has 0 radical (unpaired) electrons. The zero-order valence-electron chi connectivity index (χ0n) is 11.7. The maximum absolute atomic E-state index is 11.9. The van der Waals surface area contributed by atoms with Crippen LogP contribution in [0.25, 0.3) is 0 Å². The highest BCUT2D eigenvalue weighted by atomic mass is 79.9. The van der Waals surface area contributed by atoms with Gasteiger partial charge in [-0.1, -0.05) is 13.8 Å². The second kappa shape index (κ2) is 6.40. The number of halogens is 1. The van der Waals surface area contributed by atoms with Gasteiger partial charge < -0.3 is 5.32 Å². The van der Waals surface area contributed by atoms with Crippen molar-refractivity contribution in [3.63, 3.8) is 0 Å². The number of thiophene rings is 1. The van der Waals surface area contributed by atoms with E-state index in [4.69, 9.17) is 0 Å². The van der Waals surface area contributed by atoms with Crippen LogP contribution in [0.1, 0.15) is 50.8 Å². The number of amides is 1. The van der Waals surface area contributed by atoms with E-state index in [0.717, 1.165) is 25.7 Å². The van der Waals surface area contributed by atoms with Gasteiger partial charge in [0, 0.05) is 17.3 Å². The fourth-order valence-electron chi connectivity index (χ4n) is 2.77. The van der Waals surface area contributed by atoms with Gasteiger partial charge in [-0.2, -0.15) is 0 Å². The van der Waals surface area contributed by atoms with Crippen molar-refractivity contribution in [2.24, 2.45) is 5.41 Å². The molecule has 106 valence electrons. The normalized spacial score (nSPS) is 21.5. The molecular weight excluding hydrogens is 322 g/mol. The molecule has 1 aliphatic carbocycles. The summed E-state index contributed by atoms with van der Waals surface area (Å²) in [5, 5.41) is 3.18. The number of carbonyl (C=O) groups is 1. The lowest BCUT2D eigenvalue weighted by molar-refractivity contribution is -0.121. The molecule has 2 nitrogen and oxygen atoms in total. The van der Waals surface area contributed by atoms with Crippen LogP contribution < -0.4 is 5.32 Å². The van der Waals surface area contributed by atoms with E-state index in [1.807, 2.05) is 0 Å². The summed E-state index contributed by atoms with van der Waals surface area (Å²) in [6.07, 6.45) is 6.07. The van der Waals surface area contributed by atoms with Crippen molar-refractivity contribution in [1.29, 1.82) is 0 Å². The van der Waals surface area contributed by atoms with Gasteiger partial charge in [-0.3, -0.25) is 4.79 Å². The van der Waals surface area contributed by atoms with Gasteiger partial charge in [0.05, 0.1) is 3.79 Å². The fraction of sp³-hybridized carbons (Fsp3) is 0.667. The molecule has 0 bridgehead atoms. The minimum absolute atomic E-state index is 0.221. The van der Waals surface area contributed by atoms with E-state index < -0.39 is 0 Å². The van der Waals surface area contributed by atoms with Crippen LogP contribution in [0.15, 0.2) is 15.9 Å². The third kappa shape index (κ3) is 4.92. The molecule has 1 aromatic heterocycles. The van der Waals surface area contributed by atoms with Gasteiger partial charge >= 0.3 is 0 Å². The van der Waals surface area contributed by atoms with E-state index in [2.05, 4.69) is 47.2 Å². The number of nitrogens with one attached hydrogen (secondary N) is 1. The highest BCUT2D eigenvalue weighted by Gasteiger charge is 2.31. The molecule has 0 aliphatic heterocycles. The molecule has 1 aromatic rings. The topological polar surface area (TPSA) is 29.1 Å². The Hall–Kier alpha value is -0.350. The molecule has 1 heterocycles. The molecule has 1 atom stereocenters. The SMILES string of the molecule is CC1(C)CCC(NC(=O)CCCc2ccc(Br)s2)C1. The minimum Gasteiger partial charge on any atom is -0.353 e. The Morgan fingerprint density at radius 1 is 1.53 bits per heavy atom. The minimum atomic E-state index is 0.221. The van der Waals surface area contributed by atoms with Crippen LogP contribution in [0.4, 0.5) is 0 Å². The highest BCUT2D eigenvalue weighted by molar-refractivity contribution is 9.11. The number of carbonyl (C=O) groups excluding carboxylic acids is 1. The lowest BCUT2D eigenvalue weighted by Gasteiger charge is -2.17.